The zero-order valence-electron chi connectivity index (χ0n) is 15.5. The van der Waals surface area contributed by atoms with Gasteiger partial charge in [-0.1, -0.05) is 30.0 Å². The van der Waals surface area contributed by atoms with E-state index < -0.39 is 0 Å². The number of benzene rings is 2. The van der Waals surface area contributed by atoms with Crippen molar-refractivity contribution < 1.29 is 0 Å². The van der Waals surface area contributed by atoms with Crippen LogP contribution in [0.1, 0.15) is 5.69 Å². The molecule has 2 aromatic heterocycles. The average molecular weight is 431 g/mol. The molecule has 0 spiro atoms. The molecule has 1 aliphatic heterocycles. The van der Waals surface area contributed by atoms with Gasteiger partial charge >= 0.3 is 0 Å². The van der Waals surface area contributed by atoms with Gasteiger partial charge in [-0.25, -0.2) is 15.0 Å². The number of para-hydroxylation sites is 1. The molecule has 3 heterocycles. The predicted octanol–water partition coefficient (Wildman–Crippen LogP) is 4.41. The van der Waals surface area contributed by atoms with E-state index in [1.165, 1.54) is 22.2 Å². The number of hydrogen-bond acceptors (Lipinski definition) is 8. The number of fused-ring (bicyclic) bond motifs is 2. The minimum Gasteiger partial charge on any atom is -0.340 e. The molecule has 9 heteroatoms. The van der Waals surface area contributed by atoms with Crippen LogP contribution in [0, 0.1) is 5.41 Å². The van der Waals surface area contributed by atoms with Gasteiger partial charge in [0.15, 0.2) is 0 Å². The van der Waals surface area contributed by atoms with Crippen LogP contribution >= 0.6 is 23.1 Å². The third kappa shape index (κ3) is 3.04. The van der Waals surface area contributed by atoms with Gasteiger partial charge in [0, 0.05) is 5.69 Å². The highest BCUT2D eigenvalue weighted by molar-refractivity contribution is 8.15. The predicted molar refractivity (Wildman–Crippen MR) is 123 cm³/mol. The summed E-state index contributed by atoms with van der Waals surface area (Å²) in [7, 11) is 0. The van der Waals surface area contributed by atoms with Crippen molar-refractivity contribution in [3.63, 3.8) is 0 Å². The third-order valence-electron chi connectivity index (χ3n) is 4.62. The molecule has 0 aliphatic carbocycles. The number of thiazole rings is 1. The first-order chi connectivity index (χ1) is 14.7. The molecule has 0 atom stereocenters. The molecule has 0 unspecified atom stereocenters. The van der Waals surface area contributed by atoms with E-state index in [2.05, 4.69) is 27.0 Å². The molecule has 0 saturated heterocycles. The van der Waals surface area contributed by atoms with Gasteiger partial charge in [0.1, 0.15) is 22.1 Å². The lowest BCUT2D eigenvalue weighted by Crippen LogP contribution is -2.21. The van der Waals surface area contributed by atoms with Gasteiger partial charge in [-0.05, 0) is 37.0 Å². The minimum absolute atomic E-state index is 0.205. The average Bonchev–Trinajstić information content (AvgIpc) is 3.37. The zero-order chi connectivity index (χ0) is 20.7. The van der Waals surface area contributed by atoms with E-state index in [1.807, 2.05) is 48.5 Å². The summed E-state index contributed by atoms with van der Waals surface area (Å²) in [6, 6.07) is 15.1. The molecular weight excluding hydrogens is 416 g/mol. The molecule has 0 amide bonds. The van der Waals surface area contributed by atoms with Crippen molar-refractivity contribution in [3.8, 4) is 5.69 Å². The van der Waals surface area contributed by atoms with Crippen LogP contribution in [-0.2, 0) is 0 Å². The second kappa shape index (κ2) is 7.36. The number of rotatable bonds is 4. The van der Waals surface area contributed by atoms with Crippen LogP contribution in [0.5, 0.6) is 0 Å². The minimum atomic E-state index is -0.225. The van der Waals surface area contributed by atoms with E-state index in [9.17, 15) is 4.79 Å². The van der Waals surface area contributed by atoms with E-state index in [1.54, 1.807) is 5.51 Å². The molecule has 2 aromatic carbocycles. The number of thioether (sulfide) groups is 1. The van der Waals surface area contributed by atoms with E-state index in [4.69, 9.17) is 5.41 Å². The Hall–Kier alpha value is -3.56. The van der Waals surface area contributed by atoms with Crippen LogP contribution in [0.15, 0.2) is 80.9 Å². The number of aromatic nitrogens is 3. The fourth-order valence-electron chi connectivity index (χ4n) is 3.20. The van der Waals surface area contributed by atoms with Crippen molar-refractivity contribution in [1.29, 1.82) is 5.41 Å². The first-order valence-corrected chi connectivity index (χ1v) is 10.6. The van der Waals surface area contributed by atoms with Gasteiger partial charge in [0.05, 0.1) is 32.7 Å². The van der Waals surface area contributed by atoms with Crippen LogP contribution in [-0.4, -0.2) is 26.3 Å². The van der Waals surface area contributed by atoms with Crippen molar-refractivity contribution >= 4 is 56.3 Å². The monoisotopic (exact) mass is 430 g/mol. The Balaban J connectivity index is 1.62. The molecule has 7 nitrogen and oxygen atoms in total. The smallest absolute Gasteiger partial charge is 0.272 e. The Morgan fingerprint density at radius 3 is 2.80 bits per heavy atom. The number of anilines is 1. The molecule has 30 heavy (non-hydrogen) atoms. The van der Waals surface area contributed by atoms with Gasteiger partial charge in [-0.15, -0.1) is 11.3 Å². The highest BCUT2D eigenvalue weighted by Gasteiger charge is 2.31. The van der Waals surface area contributed by atoms with E-state index >= 15 is 0 Å². The fourth-order valence-corrected chi connectivity index (χ4v) is 4.85. The second-order valence-electron chi connectivity index (χ2n) is 6.41. The summed E-state index contributed by atoms with van der Waals surface area (Å²) in [6.07, 6.45) is 1.49. The van der Waals surface area contributed by atoms with Crippen molar-refractivity contribution in [2.45, 2.75) is 4.90 Å². The topological polar surface area (TPSA) is 96.0 Å². The van der Waals surface area contributed by atoms with Crippen molar-refractivity contribution in [3.05, 3.63) is 82.2 Å². The lowest BCUT2D eigenvalue weighted by Gasteiger charge is -2.10. The maximum Gasteiger partial charge on any atom is 0.272 e. The fraction of sp³-hybridized carbons (Fsp3) is 0. The van der Waals surface area contributed by atoms with Crippen molar-refractivity contribution in [2.75, 3.05) is 5.32 Å². The van der Waals surface area contributed by atoms with E-state index in [-0.39, 0.29) is 10.6 Å². The number of nitrogens with zero attached hydrogens (tertiary/aromatic N) is 4. The molecule has 2 N–H and O–H groups in total. The second-order valence-corrected chi connectivity index (χ2v) is 8.31. The molecule has 4 aromatic rings. The first-order valence-electron chi connectivity index (χ1n) is 8.91. The molecule has 0 bridgehead atoms. The lowest BCUT2D eigenvalue weighted by molar-refractivity contribution is 0.886. The summed E-state index contributed by atoms with van der Waals surface area (Å²) in [5.74, 6) is 0.396. The summed E-state index contributed by atoms with van der Waals surface area (Å²) in [4.78, 5) is 26.4. The van der Waals surface area contributed by atoms with Crippen LogP contribution in [0.25, 0.3) is 21.5 Å². The van der Waals surface area contributed by atoms with Crippen LogP contribution in [0.4, 0.5) is 5.69 Å². The number of hydrogen-bond donors (Lipinski definition) is 2. The van der Waals surface area contributed by atoms with E-state index in [0.29, 0.717) is 27.7 Å². The Bertz CT molecular complexity index is 1400. The standard InChI is InChI=1S/C21H14N6OS2/c1-23-20(26-12-5-3-2-4-6-12)16-17-18(30-19(16)22)21(28)27(10-24-17)13-7-8-14-15(9-13)29-11-25-14/h2-11,22,26H,1H2/b20-16+,22-19?. The molecule has 1 aliphatic rings. The van der Waals surface area contributed by atoms with Crippen molar-refractivity contribution in [1.82, 2.24) is 14.5 Å². The quantitative estimate of drug-likeness (QED) is 0.468. The lowest BCUT2D eigenvalue weighted by atomic mass is 10.2. The Labute approximate surface area is 179 Å². The highest BCUT2D eigenvalue weighted by atomic mass is 32.2. The molecule has 0 radical (unpaired) electrons. The zero-order valence-corrected chi connectivity index (χ0v) is 17.1. The number of aliphatic imine (C=N–C) groups is 1. The first kappa shape index (κ1) is 18.5. The summed E-state index contributed by atoms with van der Waals surface area (Å²) in [5, 5.41) is 11.8. The van der Waals surface area contributed by atoms with Crippen molar-refractivity contribution in [2.24, 2.45) is 4.99 Å². The highest BCUT2D eigenvalue weighted by Crippen LogP contribution is 2.39. The van der Waals surface area contributed by atoms with Crippen LogP contribution in [0.3, 0.4) is 0 Å². The Morgan fingerprint density at radius 1 is 1.17 bits per heavy atom. The molecule has 0 saturated carbocycles. The summed E-state index contributed by atoms with van der Waals surface area (Å²) in [5.41, 5.74) is 4.87. The van der Waals surface area contributed by atoms with E-state index in [0.717, 1.165) is 27.7 Å². The van der Waals surface area contributed by atoms with Gasteiger partial charge in [-0.2, -0.15) is 0 Å². The summed E-state index contributed by atoms with van der Waals surface area (Å²) in [6.45, 7) is 3.63. The molecule has 0 fully saturated rings. The Kier molecular flexibility index (Phi) is 4.53. The maximum absolute atomic E-state index is 13.2. The maximum atomic E-state index is 13.2. The van der Waals surface area contributed by atoms with Gasteiger partial charge in [-0.3, -0.25) is 14.8 Å². The summed E-state index contributed by atoms with van der Waals surface area (Å²) < 4.78 is 2.48. The summed E-state index contributed by atoms with van der Waals surface area (Å²) >= 11 is 2.60. The van der Waals surface area contributed by atoms with Crippen LogP contribution in [0.2, 0.25) is 0 Å². The van der Waals surface area contributed by atoms with Gasteiger partial charge in [0.25, 0.3) is 5.56 Å². The van der Waals surface area contributed by atoms with Gasteiger partial charge < -0.3 is 5.32 Å². The molecule has 146 valence electrons. The SMILES string of the molecule is C=N/C(Nc1ccccc1)=C1\C(=N)Sc2c1ncn(-c1ccc3ncsc3c1)c2=O. The number of nitrogens with one attached hydrogen (secondary N) is 2. The largest absolute Gasteiger partial charge is 0.340 e. The molecule has 5 rings (SSSR count). The third-order valence-corrected chi connectivity index (χ3v) is 6.39. The Morgan fingerprint density at radius 2 is 2.00 bits per heavy atom. The normalized spacial score (nSPS) is 14.6. The molecular formula is C21H14N6OS2. The van der Waals surface area contributed by atoms with Gasteiger partial charge in [0.2, 0.25) is 0 Å². The van der Waals surface area contributed by atoms with Crippen LogP contribution < -0.4 is 10.9 Å².